The van der Waals surface area contributed by atoms with Crippen LogP contribution in [0.2, 0.25) is 0 Å². The Morgan fingerprint density at radius 1 is 1.07 bits per heavy atom. The van der Waals surface area contributed by atoms with Gasteiger partial charge in [-0.1, -0.05) is 61.9 Å². The van der Waals surface area contributed by atoms with E-state index in [0.29, 0.717) is 11.8 Å². The third-order valence-electron chi connectivity index (χ3n) is 5.53. The molecule has 2 aromatic rings. The number of nitrogens with zero attached hydrogens (tertiary/aromatic N) is 1. The minimum Gasteiger partial charge on any atom is -0.426 e. The second-order valence-corrected chi connectivity index (χ2v) is 8.61. The second-order valence-electron chi connectivity index (χ2n) is 8.61. The Hall–Kier alpha value is -2.46. The first-order valence-corrected chi connectivity index (χ1v) is 10.9. The van der Waals surface area contributed by atoms with Crippen molar-refractivity contribution in [3.8, 4) is 5.75 Å². The van der Waals surface area contributed by atoms with Gasteiger partial charge in [0.2, 0.25) is 0 Å². The van der Waals surface area contributed by atoms with Crippen LogP contribution in [0, 0.1) is 18.3 Å². The van der Waals surface area contributed by atoms with Crippen molar-refractivity contribution < 1.29 is 9.53 Å². The third-order valence-corrected chi connectivity index (χ3v) is 5.53. The average Bonchev–Trinajstić information content (AvgIpc) is 2.72. The predicted molar refractivity (Wildman–Crippen MR) is 125 cm³/mol. The lowest BCUT2D eigenvalue weighted by atomic mass is 9.86. The molecule has 0 aromatic heterocycles. The van der Waals surface area contributed by atoms with Crippen molar-refractivity contribution in [2.45, 2.75) is 66.0 Å². The zero-order valence-electron chi connectivity index (χ0n) is 19.2. The number of hydrogen-bond donors (Lipinski definition) is 1. The maximum Gasteiger partial charge on any atom is 0.313 e. The summed E-state index contributed by atoms with van der Waals surface area (Å²) < 4.78 is 5.80. The monoisotopic (exact) mass is 408 g/mol. The highest BCUT2D eigenvalue weighted by Gasteiger charge is 2.24. The van der Waals surface area contributed by atoms with E-state index in [1.54, 1.807) is 0 Å². The molecule has 0 saturated heterocycles. The van der Waals surface area contributed by atoms with Gasteiger partial charge in [-0.15, -0.1) is 0 Å². The average molecular weight is 409 g/mol. The summed E-state index contributed by atoms with van der Waals surface area (Å²) in [6.45, 7) is 13.0. The van der Waals surface area contributed by atoms with Crippen LogP contribution in [-0.4, -0.2) is 35.7 Å². The molecule has 4 heteroatoms. The molecule has 0 radical (unpaired) electrons. The Morgan fingerprint density at radius 3 is 2.30 bits per heavy atom. The third kappa shape index (κ3) is 6.27. The van der Waals surface area contributed by atoms with Crippen LogP contribution in [0.15, 0.2) is 48.5 Å². The van der Waals surface area contributed by atoms with E-state index in [1.807, 2.05) is 32.0 Å². The molecule has 0 heterocycles. The van der Waals surface area contributed by atoms with E-state index < -0.39 is 0 Å². The summed E-state index contributed by atoms with van der Waals surface area (Å²) in [4.78, 5) is 14.7. The maximum atomic E-state index is 12.3. The Balaban J connectivity index is 2.44. The molecule has 0 aliphatic heterocycles. The normalized spacial score (nSPS) is 13.5. The van der Waals surface area contributed by atoms with E-state index in [4.69, 9.17) is 10.1 Å². The number of nitrogens with one attached hydrogen (secondary N) is 1. The number of carbonyl (C=O) groups excluding carboxylic acids is 1. The molecule has 1 N–H and O–H groups in total. The van der Waals surface area contributed by atoms with Gasteiger partial charge in [0.05, 0.1) is 5.92 Å². The quantitative estimate of drug-likeness (QED) is 0.306. The molecule has 162 valence electrons. The van der Waals surface area contributed by atoms with Crippen LogP contribution in [0.25, 0.3) is 0 Å². The maximum absolute atomic E-state index is 12.3. The summed E-state index contributed by atoms with van der Waals surface area (Å²) in [7, 11) is 0. The summed E-state index contributed by atoms with van der Waals surface area (Å²) in [5.74, 6) is 0.344. The van der Waals surface area contributed by atoms with Gasteiger partial charge in [0.1, 0.15) is 5.75 Å². The van der Waals surface area contributed by atoms with Crippen molar-refractivity contribution >= 4 is 12.2 Å². The van der Waals surface area contributed by atoms with Crippen LogP contribution in [0.1, 0.15) is 63.6 Å². The van der Waals surface area contributed by atoms with Gasteiger partial charge in [0.25, 0.3) is 0 Å². The van der Waals surface area contributed by atoms with E-state index >= 15 is 0 Å². The number of aryl methyl sites for hydroxylation is 1. The SMILES string of the molecule is Cc1ccc(OC(=O)C(C)C)c(C(CCN(C(C)C)C(C)C=N)c2ccccc2)c1. The molecule has 0 amide bonds. The molecule has 2 rings (SSSR count). The summed E-state index contributed by atoms with van der Waals surface area (Å²) in [5, 5.41) is 7.70. The topological polar surface area (TPSA) is 53.4 Å². The molecule has 4 nitrogen and oxygen atoms in total. The fourth-order valence-electron chi connectivity index (χ4n) is 3.75. The van der Waals surface area contributed by atoms with E-state index in [1.165, 1.54) is 11.8 Å². The van der Waals surface area contributed by atoms with Crippen LogP contribution < -0.4 is 4.74 Å². The van der Waals surface area contributed by atoms with E-state index in [0.717, 1.165) is 24.1 Å². The lowest BCUT2D eigenvalue weighted by molar-refractivity contribution is -0.137. The van der Waals surface area contributed by atoms with Gasteiger partial charge in [0.15, 0.2) is 0 Å². The van der Waals surface area contributed by atoms with Gasteiger partial charge in [-0.25, -0.2) is 0 Å². The van der Waals surface area contributed by atoms with Gasteiger partial charge in [-0.3, -0.25) is 9.69 Å². The Labute approximate surface area is 181 Å². The fraction of sp³-hybridized carbons (Fsp3) is 0.462. The molecular formula is C26H36N2O2. The lowest BCUT2D eigenvalue weighted by Crippen LogP contribution is -2.40. The van der Waals surface area contributed by atoms with Crippen LogP contribution >= 0.6 is 0 Å². The lowest BCUT2D eigenvalue weighted by Gasteiger charge is -2.32. The number of esters is 1. The molecule has 0 saturated carbocycles. The van der Waals surface area contributed by atoms with Crippen molar-refractivity contribution in [2.24, 2.45) is 5.92 Å². The Kier molecular flexibility index (Phi) is 8.79. The summed E-state index contributed by atoms with van der Waals surface area (Å²) in [5.41, 5.74) is 3.39. The zero-order chi connectivity index (χ0) is 22.3. The molecule has 30 heavy (non-hydrogen) atoms. The van der Waals surface area contributed by atoms with E-state index in [-0.39, 0.29) is 23.8 Å². The molecule has 2 aromatic carbocycles. The summed E-state index contributed by atoms with van der Waals surface area (Å²) in [6, 6.07) is 16.9. The molecule has 0 bridgehead atoms. The summed E-state index contributed by atoms with van der Waals surface area (Å²) in [6.07, 6.45) is 2.37. The van der Waals surface area contributed by atoms with Crippen LogP contribution in [0.5, 0.6) is 5.75 Å². The van der Waals surface area contributed by atoms with Crippen LogP contribution in [0.3, 0.4) is 0 Å². The smallest absolute Gasteiger partial charge is 0.313 e. The largest absolute Gasteiger partial charge is 0.426 e. The number of rotatable bonds is 10. The van der Waals surface area contributed by atoms with Gasteiger partial charge in [0, 0.05) is 29.8 Å². The van der Waals surface area contributed by atoms with Crippen molar-refractivity contribution in [2.75, 3.05) is 6.54 Å². The predicted octanol–water partition coefficient (Wildman–Crippen LogP) is 5.83. The molecule has 0 fully saturated rings. The van der Waals surface area contributed by atoms with Crippen molar-refractivity contribution in [3.05, 3.63) is 65.2 Å². The Bertz CT molecular complexity index is 830. The second kappa shape index (κ2) is 11.1. The number of carbonyl (C=O) groups is 1. The van der Waals surface area contributed by atoms with E-state index in [2.05, 4.69) is 62.9 Å². The van der Waals surface area contributed by atoms with Gasteiger partial charge in [-0.05, 0) is 52.3 Å². The first-order chi connectivity index (χ1) is 14.2. The van der Waals surface area contributed by atoms with E-state index in [9.17, 15) is 4.79 Å². The summed E-state index contributed by atoms with van der Waals surface area (Å²) >= 11 is 0. The fourth-order valence-corrected chi connectivity index (χ4v) is 3.75. The highest BCUT2D eigenvalue weighted by molar-refractivity contribution is 5.75. The molecule has 2 atom stereocenters. The van der Waals surface area contributed by atoms with Gasteiger partial charge in [-0.2, -0.15) is 0 Å². The molecule has 0 aliphatic carbocycles. The minimum absolute atomic E-state index is 0.0807. The highest BCUT2D eigenvalue weighted by Crippen LogP contribution is 2.36. The van der Waals surface area contributed by atoms with Gasteiger partial charge < -0.3 is 10.1 Å². The first kappa shape index (κ1) is 23.8. The Morgan fingerprint density at radius 2 is 1.73 bits per heavy atom. The number of hydrogen-bond acceptors (Lipinski definition) is 4. The molecule has 2 unspecified atom stereocenters. The molecule has 0 aliphatic rings. The first-order valence-electron chi connectivity index (χ1n) is 10.9. The number of benzene rings is 2. The van der Waals surface area contributed by atoms with Crippen molar-refractivity contribution in [1.82, 2.24) is 4.90 Å². The molecular weight excluding hydrogens is 372 g/mol. The van der Waals surface area contributed by atoms with Crippen LogP contribution in [0.4, 0.5) is 0 Å². The molecule has 0 spiro atoms. The zero-order valence-corrected chi connectivity index (χ0v) is 19.2. The number of ether oxygens (including phenoxy) is 1. The van der Waals surface area contributed by atoms with Gasteiger partial charge >= 0.3 is 5.97 Å². The van der Waals surface area contributed by atoms with Crippen molar-refractivity contribution in [1.29, 1.82) is 5.41 Å². The minimum atomic E-state index is -0.215. The van der Waals surface area contributed by atoms with Crippen LogP contribution in [-0.2, 0) is 4.79 Å². The van der Waals surface area contributed by atoms with Crippen molar-refractivity contribution in [3.63, 3.8) is 0 Å². The highest BCUT2D eigenvalue weighted by atomic mass is 16.5. The standard InChI is InChI=1S/C26H36N2O2/c1-18(2)26(29)30-25-13-12-20(5)16-24(25)23(22-10-8-7-9-11-22)14-15-28(19(3)4)21(6)17-27/h7-13,16-19,21,23,27H,14-15H2,1-6H3.